The number of benzene rings is 10. The number of aromatic nitrogens is 3. The molecule has 0 aliphatic rings. The molecular weight excluding hydrogens is 871 g/mol. The van der Waals surface area contributed by atoms with E-state index in [1.807, 2.05) is 0 Å². The molecule has 0 saturated carbocycles. The van der Waals surface area contributed by atoms with Gasteiger partial charge in [-0.3, -0.25) is 0 Å². The second-order valence-corrected chi connectivity index (χ2v) is 17.9. The van der Waals surface area contributed by atoms with Gasteiger partial charge in [-0.15, -0.1) is 0 Å². The smallest absolute Gasteiger partial charge is 0.160 e. The van der Waals surface area contributed by atoms with Gasteiger partial charge in [-0.2, -0.15) is 0 Å². The maximum Gasteiger partial charge on any atom is 0.160 e. The molecule has 2 aromatic heterocycles. The van der Waals surface area contributed by atoms with Crippen LogP contribution < -0.4 is 0 Å². The second kappa shape index (κ2) is 19.8. The van der Waals surface area contributed by atoms with Crippen molar-refractivity contribution in [1.29, 1.82) is 0 Å². The quantitative estimate of drug-likeness (QED) is 0.130. The average Bonchev–Trinajstić information content (AvgIpc) is 3.48. The SMILES string of the molecule is c1ccc(-c2cccc(-c3cc(-c4cccc(-c5ccccc5)c4)nc(-c4ccc(-c5cccc(-c6c(-c7ccccc7)c(-c7ccccc7)nc(-c7ccccc7)c6-c6ccccc6)c5)cc4)n3)c2)cc1. The summed E-state index contributed by atoms with van der Waals surface area (Å²) in [6.45, 7) is 0. The first-order chi connectivity index (χ1) is 35.7. The van der Waals surface area contributed by atoms with Gasteiger partial charge in [0.25, 0.3) is 0 Å². The van der Waals surface area contributed by atoms with Crippen molar-refractivity contribution in [2.45, 2.75) is 0 Å². The van der Waals surface area contributed by atoms with Gasteiger partial charge < -0.3 is 0 Å². The van der Waals surface area contributed by atoms with Crippen molar-refractivity contribution >= 4 is 0 Å². The summed E-state index contributed by atoms with van der Waals surface area (Å²) in [6.07, 6.45) is 0. The summed E-state index contributed by atoms with van der Waals surface area (Å²) in [5.74, 6) is 0.664. The van der Waals surface area contributed by atoms with Gasteiger partial charge in [0.15, 0.2) is 5.82 Å². The van der Waals surface area contributed by atoms with E-state index in [-0.39, 0.29) is 0 Å². The molecule has 0 atom stereocenters. The van der Waals surface area contributed by atoms with E-state index in [2.05, 4.69) is 285 Å². The highest BCUT2D eigenvalue weighted by atomic mass is 14.9. The van der Waals surface area contributed by atoms with Crippen molar-refractivity contribution in [3.05, 3.63) is 285 Å². The molecule has 12 aromatic rings. The predicted molar refractivity (Wildman–Crippen MR) is 300 cm³/mol. The van der Waals surface area contributed by atoms with Gasteiger partial charge in [0.05, 0.1) is 22.8 Å². The normalized spacial score (nSPS) is 11.1. The first kappa shape index (κ1) is 43.7. The number of nitrogens with zero attached hydrogens (tertiary/aromatic N) is 3. The summed E-state index contributed by atoms with van der Waals surface area (Å²) in [5, 5.41) is 0. The van der Waals surface area contributed by atoms with Crippen molar-refractivity contribution in [1.82, 2.24) is 15.0 Å². The second-order valence-electron chi connectivity index (χ2n) is 17.9. The molecule has 72 heavy (non-hydrogen) atoms. The number of hydrogen-bond donors (Lipinski definition) is 0. The van der Waals surface area contributed by atoms with Crippen LogP contribution >= 0.6 is 0 Å². The molecule has 0 amide bonds. The van der Waals surface area contributed by atoms with Crippen LogP contribution in [0.25, 0.3) is 123 Å². The van der Waals surface area contributed by atoms with Gasteiger partial charge in [0.2, 0.25) is 0 Å². The Morgan fingerprint density at radius 1 is 0.167 bits per heavy atom. The summed E-state index contributed by atoms with van der Waals surface area (Å²) in [4.78, 5) is 16.2. The Bertz CT molecular complexity index is 3600. The zero-order chi connectivity index (χ0) is 48.1. The van der Waals surface area contributed by atoms with Gasteiger partial charge in [-0.1, -0.05) is 261 Å². The van der Waals surface area contributed by atoms with Crippen molar-refractivity contribution in [3.63, 3.8) is 0 Å². The van der Waals surface area contributed by atoms with E-state index in [1.54, 1.807) is 0 Å². The third-order valence-corrected chi connectivity index (χ3v) is 13.3. The maximum atomic E-state index is 5.65. The van der Waals surface area contributed by atoms with Gasteiger partial charge in [0, 0.05) is 44.5 Å². The molecule has 0 spiro atoms. The minimum atomic E-state index is 0.664. The van der Waals surface area contributed by atoms with E-state index in [1.165, 1.54) is 0 Å². The summed E-state index contributed by atoms with van der Waals surface area (Å²) in [7, 11) is 0. The van der Waals surface area contributed by atoms with Crippen LogP contribution in [0.1, 0.15) is 0 Å². The maximum absolute atomic E-state index is 5.65. The van der Waals surface area contributed by atoms with Crippen molar-refractivity contribution in [2.75, 3.05) is 0 Å². The Balaban J connectivity index is 1.00. The Kier molecular flexibility index (Phi) is 12.0. The highest BCUT2D eigenvalue weighted by Gasteiger charge is 2.25. The van der Waals surface area contributed by atoms with E-state index in [9.17, 15) is 0 Å². The largest absolute Gasteiger partial charge is 0.246 e. The van der Waals surface area contributed by atoms with E-state index in [4.69, 9.17) is 15.0 Å². The van der Waals surface area contributed by atoms with Crippen LogP contribution in [0.4, 0.5) is 0 Å². The summed E-state index contributed by atoms with van der Waals surface area (Å²) in [5.41, 5.74) is 22.1. The first-order valence-corrected chi connectivity index (χ1v) is 24.4. The Hall–Kier alpha value is -9.57. The standard InChI is InChI=1S/C69H47N3/c1-7-22-48(23-8-1)56-34-19-37-59(44-56)62-47-63(60-38-20-35-57(45-60)49-24-9-2-10-25-49)71-69(70-62)55-42-40-50(41-43-55)58-36-21-39-61(46-58)64-65(51-26-11-3-12-27-51)67(53-30-15-5-16-31-53)72-68(54-32-17-6-18-33-54)66(64)52-28-13-4-14-29-52/h1-47H. The number of hydrogen-bond acceptors (Lipinski definition) is 3. The molecule has 0 aliphatic heterocycles. The Morgan fingerprint density at radius 3 is 0.861 bits per heavy atom. The van der Waals surface area contributed by atoms with E-state index < -0.39 is 0 Å². The summed E-state index contributed by atoms with van der Waals surface area (Å²) in [6, 6.07) is 101. The lowest BCUT2D eigenvalue weighted by molar-refractivity contribution is 1.18. The lowest BCUT2D eigenvalue weighted by Crippen LogP contribution is -2.01. The first-order valence-electron chi connectivity index (χ1n) is 24.4. The topological polar surface area (TPSA) is 38.7 Å². The lowest BCUT2D eigenvalue weighted by Gasteiger charge is -2.23. The third-order valence-electron chi connectivity index (χ3n) is 13.3. The summed E-state index contributed by atoms with van der Waals surface area (Å²) < 4.78 is 0. The molecule has 338 valence electrons. The van der Waals surface area contributed by atoms with Crippen LogP contribution in [0.5, 0.6) is 0 Å². The Labute approximate surface area is 421 Å². The molecule has 3 nitrogen and oxygen atoms in total. The fourth-order valence-corrected chi connectivity index (χ4v) is 9.77. The van der Waals surface area contributed by atoms with Crippen molar-refractivity contribution < 1.29 is 0 Å². The molecule has 0 N–H and O–H groups in total. The highest BCUT2D eigenvalue weighted by molar-refractivity contribution is 6.05. The molecule has 0 unspecified atom stereocenters. The fraction of sp³-hybridized carbons (Fsp3) is 0. The van der Waals surface area contributed by atoms with Gasteiger partial charge in [-0.25, -0.2) is 15.0 Å². The molecule has 10 aromatic carbocycles. The molecule has 0 bridgehead atoms. The van der Waals surface area contributed by atoms with Crippen molar-refractivity contribution in [3.8, 4) is 123 Å². The molecule has 0 fully saturated rings. The molecule has 2 heterocycles. The molecule has 0 radical (unpaired) electrons. The van der Waals surface area contributed by atoms with E-state index >= 15 is 0 Å². The predicted octanol–water partition coefficient (Wildman–Crippen LogP) is 18.2. The van der Waals surface area contributed by atoms with Gasteiger partial charge in [-0.05, 0) is 74.3 Å². The Morgan fingerprint density at radius 2 is 0.458 bits per heavy atom. The van der Waals surface area contributed by atoms with Crippen LogP contribution in [0, 0.1) is 0 Å². The zero-order valence-corrected chi connectivity index (χ0v) is 39.5. The fourth-order valence-electron chi connectivity index (χ4n) is 9.77. The van der Waals surface area contributed by atoms with Gasteiger partial charge in [0.1, 0.15) is 0 Å². The average molecular weight is 918 g/mol. The molecule has 0 aliphatic carbocycles. The number of rotatable bonds is 11. The number of pyridine rings is 1. The van der Waals surface area contributed by atoms with E-state index in [0.29, 0.717) is 5.82 Å². The summed E-state index contributed by atoms with van der Waals surface area (Å²) >= 11 is 0. The van der Waals surface area contributed by atoms with Gasteiger partial charge >= 0.3 is 0 Å². The minimum absolute atomic E-state index is 0.664. The van der Waals surface area contributed by atoms with Crippen molar-refractivity contribution in [2.24, 2.45) is 0 Å². The molecule has 3 heteroatoms. The van der Waals surface area contributed by atoms with Crippen LogP contribution in [0.15, 0.2) is 285 Å². The highest BCUT2D eigenvalue weighted by Crippen LogP contribution is 2.49. The zero-order valence-electron chi connectivity index (χ0n) is 39.5. The van der Waals surface area contributed by atoms with Crippen LogP contribution in [0.2, 0.25) is 0 Å². The van der Waals surface area contributed by atoms with Crippen LogP contribution in [0.3, 0.4) is 0 Å². The molecule has 0 saturated heterocycles. The molecular formula is C69H47N3. The lowest BCUT2D eigenvalue weighted by atomic mass is 9.82. The third kappa shape index (κ3) is 8.95. The van der Waals surface area contributed by atoms with Crippen LogP contribution in [-0.4, -0.2) is 15.0 Å². The minimum Gasteiger partial charge on any atom is -0.246 e. The van der Waals surface area contributed by atoms with E-state index in [0.717, 1.165) is 117 Å². The van der Waals surface area contributed by atoms with Crippen LogP contribution in [-0.2, 0) is 0 Å². The monoisotopic (exact) mass is 917 g/mol. The molecule has 12 rings (SSSR count).